The van der Waals surface area contributed by atoms with Gasteiger partial charge < -0.3 is 28.0 Å². The molecule has 0 aromatic heterocycles. The number of hydrogen-bond acceptors (Lipinski definition) is 8. The van der Waals surface area contributed by atoms with Crippen LogP contribution in [0.15, 0.2) is 133 Å². The normalized spacial score (nSPS) is 17.6. The van der Waals surface area contributed by atoms with Gasteiger partial charge in [0.2, 0.25) is 0 Å². The fraction of sp³-hybridized carbons (Fsp3) is 0.327. The van der Waals surface area contributed by atoms with E-state index in [0.29, 0.717) is 6.42 Å². The van der Waals surface area contributed by atoms with Crippen molar-refractivity contribution in [1.82, 2.24) is 4.67 Å². The van der Waals surface area contributed by atoms with Crippen LogP contribution in [0.1, 0.15) is 80.0 Å². The monoisotopic (exact) mass is 798 g/mol. The Morgan fingerprint density at radius 3 is 1.76 bits per heavy atom. The standard InChI is InChI=1S/C49H55N2O6P/c1-36(2)51(37(3)4)58(55-33-13-32-50)57-47-34-46(40-22-20-39(21-23-40)19-18-38-14-9-7-10-15-38)56-48(47)35-54-49(41-16-11-8-12-17-41,42-24-28-44(52-5)29-25-42)43-26-30-45(53-6)31-27-43/h7-12,14-31,36-37,46-48H,13,33-35H2,1-6H3/b19-18+/t46-,47-,48+,58?/m0/s1. The molecule has 0 N–H and O–H groups in total. The molecule has 1 aliphatic heterocycles. The number of nitriles is 1. The Bertz CT molecular complexity index is 2000. The highest BCUT2D eigenvalue weighted by Crippen LogP contribution is 2.51. The zero-order valence-corrected chi connectivity index (χ0v) is 35.3. The second-order valence-electron chi connectivity index (χ2n) is 14.8. The summed E-state index contributed by atoms with van der Waals surface area (Å²) in [5, 5.41) is 9.39. The predicted molar refractivity (Wildman–Crippen MR) is 232 cm³/mol. The Morgan fingerprint density at radius 2 is 1.24 bits per heavy atom. The van der Waals surface area contributed by atoms with E-state index in [1.165, 1.54) is 0 Å². The van der Waals surface area contributed by atoms with E-state index in [1.807, 2.05) is 60.7 Å². The van der Waals surface area contributed by atoms with E-state index < -0.39 is 20.2 Å². The van der Waals surface area contributed by atoms with Gasteiger partial charge in [-0.2, -0.15) is 5.26 Å². The van der Waals surface area contributed by atoms with Crippen molar-refractivity contribution in [3.8, 4) is 17.6 Å². The van der Waals surface area contributed by atoms with Crippen LogP contribution in [0.25, 0.3) is 12.2 Å². The zero-order valence-electron chi connectivity index (χ0n) is 34.4. The minimum atomic E-state index is -1.54. The van der Waals surface area contributed by atoms with Gasteiger partial charge in [0.1, 0.15) is 23.2 Å². The fourth-order valence-electron chi connectivity index (χ4n) is 7.46. The summed E-state index contributed by atoms with van der Waals surface area (Å²) in [5.74, 6) is 1.50. The highest BCUT2D eigenvalue weighted by Gasteiger charge is 2.44. The molecule has 58 heavy (non-hydrogen) atoms. The Balaban J connectivity index is 1.37. The molecule has 1 aliphatic rings. The first kappa shape index (κ1) is 42.8. The molecule has 0 spiro atoms. The summed E-state index contributed by atoms with van der Waals surface area (Å²) in [7, 11) is 1.79. The summed E-state index contributed by atoms with van der Waals surface area (Å²) in [5.41, 5.74) is 5.11. The molecule has 1 saturated heterocycles. The van der Waals surface area contributed by atoms with Gasteiger partial charge in [0.05, 0.1) is 52.1 Å². The largest absolute Gasteiger partial charge is 0.497 e. The van der Waals surface area contributed by atoms with Crippen LogP contribution in [0.3, 0.4) is 0 Å². The topological polar surface area (TPSA) is 82.4 Å². The van der Waals surface area contributed by atoms with Crippen molar-refractivity contribution in [3.63, 3.8) is 0 Å². The highest BCUT2D eigenvalue weighted by atomic mass is 31.2. The van der Waals surface area contributed by atoms with Crippen LogP contribution in [0.5, 0.6) is 11.5 Å². The van der Waals surface area contributed by atoms with Crippen LogP contribution in [0.2, 0.25) is 0 Å². The number of methoxy groups -OCH3 is 2. The van der Waals surface area contributed by atoms with Crippen LogP contribution in [-0.2, 0) is 24.1 Å². The lowest BCUT2D eigenvalue weighted by molar-refractivity contribution is -0.0806. The van der Waals surface area contributed by atoms with Crippen molar-refractivity contribution in [2.24, 2.45) is 0 Å². The number of ether oxygens (including phenoxy) is 4. The van der Waals surface area contributed by atoms with E-state index in [-0.39, 0.29) is 43.9 Å². The average Bonchev–Trinajstić information content (AvgIpc) is 3.66. The summed E-state index contributed by atoms with van der Waals surface area (Å²) in [6.07, 6.45) is 4.02. The van der Waals surface area contributed by atoms with E-state index in [9.17, 15) is 5.26 Å². The van der Waals surface area contributed by atoms with Gasteiger partial charge in [-0.3, -0.25) is 0 Å². The Kier molecular flexibility index (Phi) is 15.3. The maximum absolute atomic E-state index is 9.39. The summed E-state index contributed by atoms with van der Waals surface area (Å²) in [4.78, 5) is 0. The van der Waals surface area contributed by atoms with Crippen LogP contribution >= 0.6 is 8.53 Å². The highest BCUT2D eigenvalue weighted by molar-refractivity contribution is 7.44. The fourth-order valence-corrected chi connectivity index (χ4v) is 9.22. The molecule has 9 heteroatoms. The molecule has 0 aliphatic carbocycles. The first-order chi connectivity index (χ1) is 28.2. The lowest BCUT2D eigenvalue weighted by Gasteiger charge is -2.39. The SMILES string of the molecule is COc1ccc(C(OC[C@H]2O[C@H](c3ccc(/C=C/c4ccccc4)cc3)C[C@@H]2OP(OCCC#N)N(C(C)C)C(C)C)(c2ccccc2)c2ccc(OC)cc2)cc1. The second-order valence-corrected chi connectivity index (χ2v) is 16.2. The maximum Gasteiger partial charge on any atom is 0.259 e. The molecule has 8 nitrogen and oxygen atoms in total. The van der Waals surface area contributed by atoms with E-state index in [2.05, 4.69) is 123 Å². The molecule has 0 bridgehead atoms. The Morgan fingerprint density at radius 1 is 0.724 bits per heavy atom. The molecular formula is C49H55N2O6P. The van der Waals surface area contributed by atoms with Gasteiger partial charge in [0.15, 0.2) is 0 Å². The zero-order chi connectivity index (χ0) is 40.9. The summed E-state index contributed by atoms with van der Waals surface area (Å²) >= 11 is 0. The molecular weight excluding hydrogens is 744 g/mol. The van der Waals surface area contributed by atoms with Crippen molar-refractivity contribution in [1.29, 1.82) is 5.26 Å². The van der Waals surface area contributed by atoms with Crippen LogP contribution in [0.4, 0.5) is 0 Å². The van der Waals surface area contributed by atoms with Gasteiger partial charge in [-0.25, -0.2) is 4.67 Å². The van der Waals surface area contributed by atoms with Crippen molar-refractivity contribution in [2.75, 3.05) is 27.4 Å². The molecule has 302 valence electrons. The predicted octanol–water partition coefficient (Wildman–Crippen LogP) is 11.4. The molecule has 0 saturated carbocycles. The average molecular weight is 799 g/mol. The maximum atomic E-state index is 9.39. The van der Waals surface area contributed by atoms with E-state index in [0.717, 1.165) is 44.9 Å². The van der Waals surface area contributed by atoms with Crippen LogP contribution < -0.4 is 9.47 Å². The minimum Gasteiger partial charge on any atom is -0.497 e. The quantitative estimate of drug-likeness (QED) is 0.0353. The van der Waals surface area contributed by atoms with E-state index in [1.54, 1.807) is 14.2 Å². The number of nitrogens with zero attached hydrogens (tertiary/aromatic N) is 2. The Hall–Kier alpha value is -4.84. The molecule has 4 atom stereocenters. The third-order valence-electron chi connectivity index (χ3n) is 10.3. The van der Waals surface area contributed by atoms with Crippen molar-refractivity contribution < 1.29 is 28.0 Å². The first-order valence-corrected chi connectivity index (χ1v) is 21.1. The minimum absolute atomic E-state index is 0.147. The molecule has 6 rings (SSSR count). The molecule has 0 radical (unpaired) electrons. The third kappa shape index (κ3) is 10.4. The Labute approximate surface area is 345 Å². The second kappa shape index (κ2) is 20.7. The smallest absolute Gasteiger partial charge is 0.259 e. The van der Waals surface area contributed by atoms with Crippen molar-refractivity contribution >= 4 is 20.7 Å². The van der Waals surface area contributed by atoms with Gasteiger partial charge >= 0.3 is 0 Å². The number of hydrogen-bond donors (Lipinski definition) is 0. The van der Waals surface area contributed by atoms with Gasteiger partial charge in [0, 0.05) is 18.5 Å². The summed E-state index contributed by atoms with van der Waals surface area (Å²) in [6.45, 7) is 9.06. The number of benzene rings is 5. The summed E-state index contributed by atoms with van der Waals surface area (Å²) in [6, 6.07) is 47.7. The summed E-state index contributed by atoms with van der Waals surface area (Å²) < 4.78 is 41.3. The van der Waals surface area contributed by atoms with Gasteiger partial charge in [-0.15, -0.1) is 0 Å². The van der Waals surface area contributed by atoms with Crippen molar-refractivity contribution in [3.05, 3.63) is 167 Å². The molecule has 1 heterocycles. The van der Waals surface area contributed by atoms with Gasteiger partial charge in [-0.05, 0) is 85.3 Å². The van der Waals surface area contributed by atoms with Crippen LogP contribution in [0, 0.1) is 11.3 Å². The van der Waals surface area contributed by atoms with Gasteiger partial charge in [0.25, 0.3) is 8.53 Å². The molecule has 0 amide bonds. The van der Waals surface area contributed by atoms with E-state index in [4.69, 9.17) is 28.0 Å². The molecule has 5 aromatic rings. The van der Waals surface area contributed by atoms with Gasteiger partial charge in [-0.1, -0.05) is 121 Å². The number of rotatable bonds is 19. The first-order valence-electron chi connectivity index (χ1n) is 20.0. The van der Waals surface area contributed by atoms with E-state index >= 15 is 0 Å². The lowest BCUT2D eigenvalue weighted by Crippen LogP contribution is -2.39. The molecule has 1 fully saturated rings. The van der Waals surface area contributed by atoms with Crippen molar-refractivity contribution in [2.45, 2.75) is 76.5 Å². The third-order valence-corrected chi connectivity index (χ3v) is 12.5. The molecule has 1 unspecified atom stereocenters. The molecule has 5 aromatic carbocycles. The van der Waals surface area contributed by atoms with Crippen LogP contribution in [-0.4, -0.2) is 56.4 Å². The lowest BCUT2D eigenvalue weighted by atomic mass is 9.80.